The molecule has 4 atom stereocenters. The number of aliphatic hydroxyl groups excluding tert-OH is 1. The first-order valence-electron chi connectivity index (χ1n) is 11.7. The topological polar surface area (TPSA) is 57.6 Å². The molecule has 29 heavy (non-hydrogen) atoms. The number of unbranched alkanes of at least 4 members (excludes halogenated alkanes) is 1. The van der Waals surface area contributed by atoms with Crippen LogP contribution in [0.4, 0.5) is 0 Å². The molecular weight excluding hydrogens is 362 g/mol. The van der Waals surface area contributed by atoms with Crippen molar-refractivity contribution in [3.8, 4) is 0 Å². The normalized spacial score (nSPS) is 29.8. The lowest BCUT2D eigenvalue weighted by Gasteiger charge is -2.20. The molecule has 0 unspecified atom stereocenters. The molecular formula is C25H39NO3. The molecule has 3 aliphatic rings. The molecule has 0 heterocycles. The third kappa shape index (κ3) is 6.28. The summed E-state index contributed by atoms with van der Waals surface area (Å²) in [5.41, 5.74) is 1.48. The van der Waals surface area contributed by atoms with Gasteiger partial charge in [0.05, 0.1) is 6.10 Å². The van der Waals surface area contributed by atoms with E-state index in [4.69, 9.17) is 0 Å². The summed E-state index contributed by atoms with van der Waals surface area (Å²) in [6, 6.07) is 0. The highest BCUT2D eigenvalue weighted by atomic mass is 16.3. The lowest BCUT2D eigenvalue weighted by atomic mass is 9.85. The minimum Gasteiger partial charge on any atom is -0.392 e. The van der Waals surface area contributed by atoms with Gasteiger partial charge < -0.3 is 10.0 Å². The molecule has 0 aromatic heterocycles. The lowest BCUT2D eigenvalue weighted by Crippen LogP contribution is -2.21. The van der Waals surface area contributed by atoms with Crippen LogP contribution in [0.15, 0.2) is 23.8 Å². The van der Waals surface area contributed by atoms with Crippen molar-refractivity contribution < 1.29 is 14.7 Å². The summed E-state index contributed by atoms with van der Waals surface area (Å²) in [4.78, 5) is 25.7. The molecule has 2 fully saturated rings. The highest BCUT2D eigenvalue weighted by Gasteiger charge is 2.43. The molecule has 0 aromatic rings. The Morgan fingerprint density at radius 1 is 1.17 bits per heavy atom. The molecule has 0 spiro atoms. The number of carbonyl (C=O) groups is 2. The molecule has 4 heteroatoms. The standard InChI is InChI=1S/C25H39NO3/c1-26(2)25(29)11-7-6-10-19-14-20-17-24(28)22(23(20)16-19)13-12-21(27)15-18-8-4-3-5-9-18/h12-14,18,20,22-24,28H,3-11,15-17H2,1-2H3/b13-12+/t20-,22+,23-,24+/m0/s1. The molecule has 2 saturated carbocycles. The highest BCUT2D eigenvalue weighted by molar-refractivity contribution is 5.89. The average molecular weight is 402 g/mol. The smallest absolute Gasteiger partial charge is 0.222 e. The van der Waals surface area contributed by atoms with Gasteiger partial charge in [0.25, 0.3) is 0 Å². The Bertz CT molecular complexity index is 630. The van der Waals surface area contributed by atoms with Crippen molar-refractivity contribution in [1.29, 1.82) is 0 Å². The van der Waals surface area contributed by atoms with Crippen LogP contribution >= 0.6 is 0 Å². The van der Waals surface area contributed by atoms with Crippen LogP contribution < -0.4 is 0 Å². The van der Waals surface area contributed by atoms with Crippen LogP contribution in [0.25, 0.3) is 0 Å². The maximum absolute atomic E-state index is 12.4. The van der Waals surface area contributed by atoms with Gasteiger partial charge in [-0.1, -0.05) is 49.8 Å². The van der Waals surface area contributed by atoms with Gasteiger partial charge in [0.15, 0.2) is 5.78 Å². The molecule has 0 saturated heterocycles. The van der Waals surface area contributed by atoms with Crippen LogP contribution in [-0.2, 0) is 9.59 Å². The Balaban J connectivity index is 1.43. The van der Waals surface area contributed by atoms with Crippen molar-refractivity contribution >= 4 is 11.7 Å². The highest BCUT2D eigenvalue weighted by Crippen LogP contribution is 2.48. The van der Waals surface area contributed by atoms with E-state index in [-0.39, 0.29) is 23.7 Å². The Hall–Kier alpha value is -1.42. The fourth-order valence-electron chi connectivity index (χ4n) is 5.60. The van der Waals surface area contributed by atoms with E-state index < -0.39 is 0 Å². The maximum atomic E-state index is 12.4. The summed E-state index contributed by atoms with van der Waals surface area (Å²) in [5, 5.41) is 10.5. The van der Waals surface area contributed by atoms with Crippen molar-refractivity contribution in [2.75, 3.05) is 14.1 Å². The van der Waals surface area contributed by atoms with E-state index in [2.05, 4.69) is 6.08 Å². The zero-order valence-electron chi connectivity index (χ0n) is 18.3. The summed E-state index contributed by atoms with van der Waals surface area (Å²) in [6.07, 6.45) is 18.3. The fraction of sp³-hybridized carbons (Fsp3) is 0.760. The Morgan fingerprint density at radius 2 is 1.93 bits per heavy atom. The molecule has 3 aliphatic carbocycles. The first kappa shape index (κ1) is 22.3. The van der Waals surface area contributed by atoms with Gasteiger partial charge in [-0.3, -0.25) is 9.59 Å². The molecule has 162 valence electrons. The number of hydrogen-bond donors (Lipinski definition) is 1. The van der Waals surface area contributed by atoms with Crippen LogP contribution in [-0.4, -0.2) is 41.9 Å². The summed E-state index contributed by atoms with van der Waals surface area (Å²) in [5.74, 6) is 2.02. The van der Waals surface area contributed by atoms with E-state index in [1.807, 2.05) is 20.2 Å². The number of ketones is 1. The number of rotatable bonds is 9. The van der Waals surface area contributed by atoms with E-state index >= 15 is 0 Å². The SMILES string of the molecule is CN(C)C(=O)CCCCC1=C[C@H]2C[C@@H](O)[C@H](/C=C/C(=O)CC3CCCCC3)[C@H]2C1. The second-order valence-electron chi connectivity index (χ2n) is 9.77. The second kappa shape index (κ2) is 10.6. The third-order valence-corrected chi connectivity index (χ3v) is 7.31. The minimum absolute atomic E-state index is 0.111. The zero-order chi connectivity index (χ0) is 20.8. The van der Waals surface area contributed by atoms with Crippen LogP contribution in [0.1, 0.15) is 77.0 Å². The van der Waals surface area contributed by atoms with Crippen LogP contribution in [0.5, 0.6) is 0 Å². The van der Waals surface area contributed by atoms with Crippen molar-refractivity contribution in [3.05, 3.63) is 23.8 Å². The summed E-state index contributed by atoms with van der Waals surface area (Å²) in [7, 11) is 3.61. The molecule has 1 N–H and O–H groups in total. The van der Waals surface area contributed by atoms with Gasteiger partial charge in [-0.05, 0) is 55.9 Å². The largest absolute Gasteiger partial charge is 0.392 e. The van der Waals surface area contributed by atoms with Crippen LogP contribution in [0.3, 0.4) is 0 Å². The number of hydrogen-bond acceptors (Lipinski definition) is 3. The monoisotopic (exact) mass is 401 g/mol. The van der Waals surface area contributed by atoms with Gasteiger partial charge in [-0.15, -0.1) is 0 Å². The second-order valence-corrected chi connectivity index (χ2v) is 9.77. The number of carbonyl (C=O) groups excluding carboxylic acids is 2. The molecule has 0 aliphatic heterocycles. The zero-order valence-corrected chi connectivity index (χ0v) is 18.3. The van der Waals surface area contributed by atoms with Gasteiger partial charge in [0.1, 0.15) is 0 Å². The van der Waals surface area contributed by atoms with Crippen LogP contribution in [0, 0.1) is 23.7 Å². The number of allylic oxidation sites excluding steroid dienone is 3. The molecule has 4 nitrogen and oxygen atoms in total. The number of aliphatic hydroxyl groups is 1. The van der Waals surface area contributed by atoms with Crippen molar-refractivity contribution in [2.45, 2.75) is 83.2 Å². The quantitative estimate of drug-likeness (QED) is 0.347. The molecule has 0 bridgehead atoms. The van der Waals surface area contributed by atoms with Crippen LogP contribution in [0.2, 0.25) is 0 Å². The fourth-order valence-corrected chi connectivity index (χ4v) is 5.60. The van der Waals surface area contributed by atoms with Gasteiger partial charge >= 0.3 is 0 Å². The van der Waals surface area contributed by atoms with Gasteiger partial charge in [0, 0.05) is 32.9 Å². The summed E-state index contributed by atoms with van der Waals surface area (Å²) in [6.45, 7) is 0. The Kier molecular flexibility index (Phi) is 8.11. The van der Waals surface area contributed by atoms with E-state index in [1.54, 1.807) is 11.0 Å². The lowest BCUT2D eigenvalue weighted by molar-refractivity contribution is -0.128. The number of amides is 1. The van der Waals surface area contributed by atoms with E-state index in [0.29, 0.717) is 30.6 Å². The Morgan fingerprint density at radius 3 is 2.66 bits per heavy atom. The van der Waals surface area contributed by atoms with Crippen molar-refractivity contribution in [2.24, 2.45) is 23.7 Å². The van der Waals surface area contributed by atoms with Crippen molar-refractivity contribution in [3.63, 3.8) is 0 Å². The van der Waals surface area contributed by atoms with Crippen molar-refractivity contribution in [1.82, 2.24) is 4.90 Å². The summed E-state index contributed by atoms with van der Waals surface area (Å²) >= 11 is 0. The molecule has 0 aromatic carbocycles. The number of nitrogens with zero attached hydrogens (tertiary/aromatic N) is 1. The predicted octanol–water partition coefficient (Wildman–Crippen LogP) is 4.67. The third-order valence-electron chi connectivity index (χ3n) is 7.31. The van der Waals surface area contributed by atoms with E-state index in [0.717, 1.165) is 32.1 Å². The number of fused-ring (bicyclic) bond motifs is 1. The van der Waals surface area contributed by atoms with E-state index in [1.165, 1.54) is 37.7 Å². The van der Waals surface area contributed by atoms with Gasteiger partial charge in [0.2, 0.25) is 5.91 Å². The first-order valence-corrected chi connectivity index (χ1v) is 11.7. The first-order chi connectivity index (χ1) is 13.9. The predicted molar refractivity (Wildman–Crippen MR) is 116 cm³/mol. The molecule has 3 rings (SSSR count). The van der Waals surface area contributed by atoms with Gasteiger partial charge in [-0.25, -0.2) is 0 Å². The Labute approximate surface area is 176 Å². The summed E-state index contributed by atoms with van der Waals surface area (Å²) < 4.78 is 0. The van der Waals surface area contributed by atoms with E-state index in [9.17, 15) is 14.7 Å². The molecule has 0 radical (unpaired) electrons. The molecule has 1 amide bonds. The van der Waals surface area contributed by atoms with Gasteiger partial charge in [-0.2, -0.15) is 0 Å². The maximum Gasteiger partial charge on any atom is 0.222 e. The average Bonchev–Trinajstić information content (AvgIpc) is 3.20. The minimum atomic E-state index is -0.320.